The molecule has 19 heavy (non-hydrogen) atoms. The summed E-state index contributed by atoms with van der Waals surface area (Å²) in [4.78, 5) is 8.99. The SMILES string of the molecule is CCNc1cn2ccnc2c(NC(CC)CSC)n1. The fourth-order valence-electron chi connectivity index (χ4n) is 1.95. The van der Waals surface area contributed by atoms with Gasteiger partial charge in [0.2, 0.25) is 0 Å². The number of hydrogen-bond donors (Lipinski definition) is 2. The monoisotopic (exact) mass is 279 g/mol. The summed E-state index contributed by atoms with van der Waals surface area (Å²) in [5.74, 6) is 2.79. The Morgan fingerprint density at radius 2 is 2.26 bits per heavy atom. The summed E-state index contributed by atoms with van der Waals surface area (Å²) in [6.07, 6.45) is 8.90. The highest BCUT2D eigenvalue weighted by molar-refractivity contribution is 7.98. The third-order valence-corrected chi connectivity index (χ3v) is 3.67. The van der Waals surface area contributed by atoms with Gasteiger partial charge in [0.05, 0.1) is 6.20 Å². The molecule has 0 aliphatic carbocycles. The molecule has 5 nitrogen and oxygen atoms in total. The maximum atomic E-state index is 4.62. The first kappa shape index (κ1) is 14.0. The fourth-order valence-corrected chi connectivity index (χ4v) is 2.67. The van der Waals surface area contributed by atoms with Crippen molar-refractivity contribution in [1.29, 1.82) is 0 Å². The zero-order valence-corrected chi connectivity index (χ0v) is 12.5. The standard InChI is InChI=1S/C13H21N5S/c1-4-10(9-19-3)16-12-13-15-6-7-18(13)8-11(17-12)14-5-2/h6-8,10,14H,4-5,9H2,1-3H3,(H,16,17). The van der Waals surface area contributed by atoms with E-state index in [1.54, 1.807) is 6.20 Å². The number of nitrogens with one attached hydrogen (secondary N) is 2. The van der Waals surface area contributed by atoms with Crippen molar-refractivity contribution in [1.82, 2.24) is 14.4 Å². The van der Waals surface area contributed by atoms with Gasteiger partial charge in [-0.25, -0.2) is 9.97 Å². The average molecular weight is 279 g/mol. The summed E-state index contributed by atoms with van der Waals surface area (Å²) in [5.41, 5.74) is 0.876. The number of nitrogens with zero attached hydrogens (tertiary/aromatic N) is 3. The Hall–Kier alpha value is -1.43. The lowest BCUT2D eigenvalue weighted by molar-refractivity contribution is 0.769. The largest absolute Gasteiger partial charge is 0.369 e. The molecule has 0 saturated carbocycles. The number of rotatable bonds is 7. The lowest BCUT2D eigenvalue weighted by atomic mass is 10.2. The number of fused-ring (bicyclic) bond motifs is 1. The predicted octanol–water partition coefficient (Wildman–Crippen LogP) is 2.71. The molecule has 1 atom stereocenters. The van der Waals surface area contributed by atoms with Crippen LogP contribution in [0.15, 0.2) is 18.6 Å². The van der Waals surface area contributed by atoms with E-state index in [9.17, 15) is 0 Å². The van der Waals surface area contributed by atoms with Crippen LogP contribution in [0.1, 0.15) is 20.3 Å². The van der Waals surface area contributed by atoms with E-state index in [-0.39, 0.29) is 0 Å². The van der Waals surface area contributed by atoms with Crippen molar-refractivity contribution in [2.24, 2.45) is 0 Å². The lowest BCUT2D eigenvalue weighted by Crippen LogP contribution is -2.22. The highest BCUT2D eigenvalue weighted by Gasteiger charge is 2.11. The third kappa shape index (κ3) is 3.32. The fraction of sp³-hybridized carbons (Fsp3) is 0.538. The first-order chi connectivity index (χ1) is 9.28. The maximum absolute atomic E-state index is 4.62. The molecular formula is C13H21N5S. The zero-order valence-electron chi connectivity index (χ0n) is 11.7. The molecule has 0 amide bonds. The Bertz CT molecular complexity index is 525. The molecule has 2 N–H and O–H groups in total. The molecule has 0 aliphatic heterocycles. The van der Waals surface area contributed by atoms with Crippen molar-refractivity contribution >= 4 is 29.0 Å². The van der Waals surface area contributed by atoms with E-state index in [1.807, 2.05) is 28.6 Å². The van der Waals surface area contributed by atoms with E-state index in [4.69, 9.17) is 0 Å². The number of hydrogen-bond acceptors (Lipinski definition) is 5. The van der Waals surface area contributed by atoms with Crippen LogP contribution in [0.4, 0.5) is 11.6 Å². The van der Waals surface area contributed by atoms with Gasteiger partial charge in [0.25, 0.3) is 0 Å². The smallest absolute Gasteiger partial charge is 0.180 e. The molecule has 2 rings (SSSR count). The molecule has 2 aromatic rings. The van der Waals surface area contributed by atoms with E-state index >= 15 is 0 Å². The molecule has 0 spiro atoms. The number of aromatic nitrogens is 3. The van der Waals surface area contributed by atoms with Gasteiger partial charge in [-0.15, -0.1) is 0 Å². The van der Waals surface area contributed by atoms with Crippen molar-refractivity contribution < 1.29 is 0 Å². The minimum absolute atomic E-state index is 0.417. The van der Waals surface area contributed by atoms with Crippen molar-refractivity contribution in [2.75, 3.05) is 29.2 Å². The second-order valence-electron chi connectivity index (χ2n) is 4.37. The molecule has 104 valence electrons. The normalized spacial score (nSPS) is 12.6. The van der Waals surface area contributed by atoms with Crippen molar-refractivity contribution in [3.05, 3.63) is 18.6 Å². The molecule has 0 aromatic carbocycles. The van der Waals surface area contributed by atoms with Crippen LogP contribution in [0.3, 0.4) is 0 Å². The molecular weight excluding hydrogens is 258 g/mol. The van der Waals surface area contributed by atoms with Crippen LogP contribution < -0.4 is 10.6 Å². The molecule has 0 fully saturated rings. The quantitative estimate of drug-likeness (QED) is 0.816. The van der Waals surface area contributed by atoms with E-state index in [2.05, 4.69) is 40.7 Å². The second-order valence-corrected chi connectivity index (χ2v) is 5.28. The highest BCUT2D eigenvalue weighted by atomic mass is 32.2. The maximum Gasteiger partial charge on any atom is 0.180 e. The van der Waals surface area contributed by atoms with Crippen molar-refractivity contribution in [3.63, 3.8) is 0 Å². The average Bonchev–Trinajstić information content (AvgIpc) is 2.87. The van der Waals surface area contributed by atoms with Gasteiger partial charge >= 0.3 is 0 Å². The van der Waals surface area contributed by atoms with Gasteiger partial charge in [-0.05, 0) is 19.6 Å². The summed E-state index contributed by atoms with van der Waals surface area (Å²) in [7, 11) is 0. The van der Waals surface area contributed by atoms with Gasteiger partial charge in [0.15, 0.2) is 11.5 Å². The van der Waals surface area contributed by atoms with Crippen LogP contribution >= 0.6 is 11.8 Å². The van der Waals surface area contributed by atoms with Gasteiger partial charge in [0.1, 0.15) is 5.82 Å². The summed E-state index contributed by atoms with van der Waals surface area (Å²) in [6.45, 7) is 5.11. The first-order valence-corrected chi connectivity index (χ1v) is 8.00. The number of imidazole rings is 1. The number of anilines is 2. The third-order valence-electron chi connectivity index (χ3n) is 2.93. The van der Waals surface area contributed by atoms with Crippen molar-refractivity contribution in [3.8, 4) is 0 Å². The second kappa shape index (κ2) is 6.65. The minimum Gasteiger partial charge on any atom is -0.369 e. The van der Waals surface area contributed by atoms with E-state index in [0.29, 0.717) is 6.04 Å². The Balaban J connectivity index is 2.31. The van der Waals surface area contributed by atoms with Crippen LogP contribution in [0.25, 0.3) is 5.65 Å². The Labute approximate surface area is 118 Å². The van der Waals surface area contributed by atoms with Crippen LogP contribution in [0.5, 0.6) is 0 Å². The highest BCUT2D eigenvalue weighted by Crippen LogP contribution is 2.18. The zero-order chi connectivity index (χ0) is 13.7. The van der Waals surface area contributed by atoms with Crippen LogP contribution in [-0.2, 0) is 0 Å². The molecule has 0 saturated heterocycles. The van der Waals surface area contributed by atoms with Gasteiger partial charge in [-0.1, -0.05) is 6.92 Å². The Kier molecular flexibility index (Phi) is 4.90. The van der Waals surface area contributed by atoms with E-state index in [1.165, 1.54) is 0 Å². The van der Waals surface area contributed by atoms with E-state index < -0.39 is 0 Å². The van der Waals surface area contributed by atoms with E-state index in [0.717, 1.165) is 36.0 Å². The Morgan fingerprint density at radius 1 is 1.42 bits per heavy atom. The van der Waals surface area contributed by atoms with Crippen LogP contribution in [0, 0.1) is 0 Å². The van der Waals surface area contributed by atoms with Gasteiger partial charge in [-0.3, -0.25) is 0 Å². The van der Waals surface area contributed by atoms with Crippen LogP contribution in [0.2, 0.25) is 0 Å². The summed E-state index contributed by atoms with van der Waals surface area (Å²) in [6, 6.07) is 0.417. The molecule has 2 aromatic heterocycles. The minimum atomic E-state index is 0.417. The van der Waals surface area contributed by atoms with Gasteiger partial charge < -0.3 is 15.0 Å². The summed E-state index contributed by atoms with van der Waals surface area (Å²) < 4.78 is 2.00. The molecule has 1 unspecified atom stereocenters. The topological polar surface area (TPSA) is 54.2 Å². The molecule has 2 heterocycles. The predicted molar refractivity (Wildman–Crippen MR) is 83.2 cm³/mol. The molecule has 0 radical (unpaired) electrons. The molecule has 6 heteroatoms. The first-order valence-electron chi connectivity index (χ1n) is 6.61. The van der Waals surface area contributed by atoms with Crippen molar-refractivity contribution in [2.45, 2.75) is 26.3 Å². The van der Waals surface area contributed by atoms with Crippen LogP contribution in [-0.4, -0.2) is 39.0 Å². The van der Waals surface area contributed by atoms with Gasteiger partial charge in [0, 0.05) is 30.7 Å². The number of thioether (sulfide) groups is 1. The van der Waals surface area contributed by atoms with Gasteiger partial charge in [-0.2, -0.15) is 11.8 Å². The lowest BCUT2D eigenvalue weighted by Gasteiger charge is -2.17. The Morgan fingerprint density at radius 3 is 2.95 bits per heavy atom. The summed E-state index contributed by atoms with van der Waals surface area (Å²) >= 11 is 1.84. The molecule has 0 bridgehead atoms. The molecule has 0 aliphatic rings. The summed E-state index contributed by atoms with van der Waals surface area (Å²) in [5, 5.41) is 6.75.